The number of anilines is 1. The van der Waals surface area contributed by atoms with Crippen LogP contribution in [0.5, 0.6) is 0 Å². The number of nitrogens with one attached hydrogen (secondary N) is 1. The predicted octanol–water partition coefficient (Wildman–Crippen LogP) is 1.96. The number of piperidine rings is 1. The third kappa shape index (κ3) is 3.11. The van der Waals surface area contributed by atoms with Crippen LogP contribution in [-0.2, 0) is 4.79 Å². The maximum absolute atomic E-state index is 12.7. The average molecular weight is 359 g/mol. The lowest BCUT2D eigenvalue weighted by Gasteiger charge is -2.36. The smallest absolute Gasteiger partial charge is 0.225 e. The van der Waals surface area contributed by atoms with Crippen molar-refractivity contribution in [2.75, 3.05) is 44.2 Å². The van der Waals surface area contributed by atoms with Crippen molar-refractivity contribution in [1.29, 1.82) is 0 Å². The molecule has 134 valence electrons. The second kappa shape index (κ2) is 6.88. The molecule has 0 unspecified atom stereocenters. The van der Waals surface area contributed by atoms with Crippen molar-refractivity contribution in [3.63, 3.8) is 0 Å². The van der Waals surface area contributed by atoms with Gasteiger partial charge in [-0.05, 0) is 32.3 Å². The number of fused-ring (bicyclic) bond motifs is 1. The Balaban J connectivity index is 1.48. The molecule has 25 heavy (non-hydrogen) atoms. The van der Waals surface area contributed by atoms with Crippen molar-refractivity contribution in [1.82, 2.24) is 20.2 Å². The van der Waals surface area contributed by atoms with E-state index in [4.69, 9.17) is 0 Å². The summed E-state index contributed by atoms with van der Waals surface area (Å²) < 4.78 is 0. The van der Waals surface area contributed by atoms with E-state index < -0.39 is 0 Å². The monoisotopic (exact) mass is 359 g/mol. The highest BCUT2D eigenvalue weighted by Crippen LogP contribution is 2.35. The molecule has 0 atom stereocenters. The summed E-state index contributed by atoms with van der Waals surface area (Å²) in [6, 6.07) is 0. The van der Waals surface area contributed by atoms with E-state index in [9.17, 15) is 4.79 Å². The van der Waals surface area contributed by atoms with Crippen molar-refractivity contribution < 1.29 is 4.79 Å². The highest BCUT2D eigenvalue weighted by Gasteiger charge is 2.30. The Bertz CT molecular complexity index is 775. The van der Waals surface area contributed by atoms with Crippen LogP contribution in [0.15, 0.2) is 6.33 Å². The van der Waals surface area contributed by atoms with E-state index in [2.05, 4.69) is 34.0 Å². The first-order chi connectivity index (χ1) is 12.1. The predicted molar refractivity (Wildman–Crippen MR) is 101 cm³/mol. The summed E-state index contributed by atoms with van der Waals surface area (Å²) in [7, 11) is 0. The molecule has 0 spiro atoms. The quantitative estimate of drug-likeness (QED) is 0.888. The van der Waals surface area contributed by atoms with E-state index in [-0.39, 0.29) is 5.92 Å². The molecule has 2 aromatic heterocycles. The molecule has 1 N–H and O–H groups in total. The Hall–Kier alpha value is -1.73. The number of piperazine rings is 1. The van der Waals surface area contributed by atoms with E-state index in [1.54, 1.807) is 17.7 Å². The van der Waals surface area contributed by atoms with Crippen LogP contribution >= 0.6 is 11.3 Å². The van der Waals surface area contributed by atoms with Gasteiger partial charge >= 0.3 is 0 Å². The first-order valence-electron chi connectivity index (χ1n) is 9.10. The van der Waals surface area contributed by atoms with Crippen LogP contribution in [0.3, 0.4) is 0 Å². The molecule has 2 fully saturated rings. The normalized spacial score (nSPS) is 19.6. The minimum absolute atomic E-state index is 0.164. The van der Waals surface area contributed by atoms with E-state index in [1.165, 1.54) is 15.8 Å². The van der Waals surface area contributed by atoms with Crippen LogP contribution in [0.4, 0.5) is 5.82 Å². The number of hydrogen-bond acceptors (Lipinski definition) is 6. The van der Waals surface area contributed by atoms with Gasteiger partial charge in [-0.1, -0.05) is 0 Å². The number of hydrogen-bond donors (Lipinski definition) is 1. The minimum Gasteiger partial charge on any atom is -0.356 e. The summed E-state index contributed by atoms with van der Waals surface area (Å²) in [5.74, 6) is 1.55. The molecule has 4 heterocycles. The fourth-order valence-electron chi connectivity index (χ4n) is 3.89. The van der Waals surface area contributed by atoms with Gasteiger partial charge in [-0.25, -0.2) is 9.97 Å². The van der Waals surface area contributed by atoms with Gasteiger partial charge in [-0.2, -0.15) is 0 Å². The van der Waals surface area contributed by atoms with Crippen LogP contribution in [0.1, 0.15) is 23.3 Å². The minimum atomic E-state index is 0.164. The van der Waals surface area contributed by atoms with Gasteiger partial charge in [-0.15, -0.1) is 11.3 Å². The van der Waals surface area contributed by atoms with E-state index in [0.29, 0.717) is 5.91 Å². The van der Waals surface area contributed by atoms with E-state index in [1.807, 2.05) is 4.90 Å². The third-order valence-electron chi connectivity index (χ3n) is 5.52. The molecular weight excluding hydrogens is 334 g/mol. The summed E-state index contributed by atoms with van der Waals surface area (Å²) in [5.41, 5.74) is 1.29. The molecule has 2 aliphatic heterocycles. The number of nitrogens with zero attached hydrogens (tertiary/aromatic N) is 4. The third-order valence-corrected chi connectivity index (χ3v) is 6.63. The molecule has 0 saturated carbocycles. The molecule has 2 aromatic rings. The highest BCUT2D eigenvalue weighted by molar-refractivity contribution is 7.18. The first-order valence-corrected chi connectivity index (χ1v) is 9.92. The van der Waals surface area contributed by atoms with Crippen molar-refractivity contribution in [2.45, 2.75) is 26.7 Å². The molecule has 0 radical (unpaired) electrons. The summed E-state index contributed by atoms with van der Waals surface area (Å²) in [5, 5.41) is 4.50. The summed E-state index contributed by atoms with van der Waals surface area (Å²) in [4.78, 5) is 28.5. The van der Waals surface area contributed by atoms with E-state index in [0.717, 1.165) is 62.8 Å². The van der Waals surface area contributed by atoms with Gasteiger partial charge in [0.2, 0.25) is 5.91 Å². The molecule has 2 aliphatic rings. The van der Waals surface area contributed by atoms with Gasteiger partial charge < -0.3 is 15.1 Å². The summed E-state index contributed by atoms with van der Waals surface area (Å²) >= 11 is 1.74. The largest absolute Gasteiger partial charge is 0.356 e. The fraction of sp³-hybridized carbons (Fsp3) is 0.611. The molecule has 0 aromatic carbocycles. The first kappa shape index (κ1) is 16.7. The van der Waals surface area contributed by atoms with Gasteiger partial charge in [-0.3, -0.25) is 4.79 Å². The fourth-order valence-corrected chi connectivity index (χ4v) is 4.88. The molecule has 2 saturated heterocycles. The second-order valence-electron chi connectivity index (χ2n) is 7.00. The molecule has 7 heteroatoms. The van der Waals surface area contributed by atoms with Crippen molar-refractivity contribution in [2.24, 2.45) is 5.92 Å². The van der Waals surface area contributed by atoms with Crippen LogP contribution in [-0.4, -0.2) is 60.0 Å². The molecule has 0 bridgehead atoms. The number of aromatic nitrogens is 2. The lowest BCUT2D eigenvalue weighted by Crippen LogP contribution is -2.50. The van der Waals surface area contributed by atoms with Crippen molar-refractivity contribution in [3.8, 4) is 0 Å². The van der Waals surface area contributed by atoms with Gasteiger partial charge in [0, 0.05) is 50.1 Å². The average Bonchev–Trinajstić information content (AvgIpc) is 2.96. The van der Waals surface area contributed by atoms with Crippen molar-refractivity contribution in [3.05, 3.63) is 16.8 Å². The number of aryl methyl sites for hydroxylation is 2. The Morgan fingerprint density at radius 3 is 2.60 bits per heavy atom. The maximum Gasteiger partial charge on any atom is 0.225 e. The van der Waals surface area contributed by atoms with Crippen LogP contribution in [0.25, 0.3) is 10.2 Å². The van der Waals surface area contributed by atoms with Crippen LogP contribution < -0.4 is 10.2 Å². The summed E-state index contributed by atoms with van der Waals surface area (Å²) in [6.07, 6.45) is 3.50. The molecule has 0 aliphatic carbocycles. The maximum atomic E-state index is 12.7. The molecule has 4 rings (SSSR count). The number of thiophene rings is 1. The van der Waals surface area contributed by atoms with Gasteiger partial charge in [0.15, 0.2) is 0 Å². The summed E-state index contributed by atoms with van der Waals surface area (Å²) in [6.45, 7) is 9.61. The lowest BCUT2D eigenvalue weighted by atomic mass is 9.94. The van der Waals surface area contributed by atoms with Crippen LogP contribution in [0.2, 0.25) is 0 Å². The number of amides is 1. The standard InChI is InChI=1S/C18H25N5OS/c1-12-13(2)25-17-15(12)16(20-11-21-17)22-7-3-14(4-8-22)18(24)23-9-5-19-6-10-23/h11,14,19H,3-10H2,1-2H3. The SMILES string of the molecule is Cc1sc2ncnc(N3CCC(C(=O)N4CCNCC4)CC3)c2c1C. The number of rotatable bonds is 2. The Labute approximate surface area is 152 Å². The van der Waals surface area contributed by atoms with Crippen LogP contribution in [0, 0.1) is 19.8 Å². The van der Waals surface area contributed by atoms with Gasteiger partial charge in [0.25, 0.3) is 0 Å². The van der Waals surface area contributed by atoms with E-state index >= 15 is 0 Å². The zero-order valence-corrected chi connectivity index (χ0v) is 15.7. The Kier molecular flexibility index (Phi) is 4.60. The molecule has 6 nitrogen and oxygen atoms in total. The lowest BCUT2D eigenvalue weighted by molar-refractivity contribution is -0.136. The zero-order chi connectivity index (χ0) is 17.4. The molecular formula is C18H25N5OS. The second-order valence-corrected chi connectivity index (χ2v) is 8.20. The zero-order valence-electron chi connectivity index (χ0n) is 14.9. The topological polar surface area (TPSA) is 61.4 Å². The Morgan fingerprint density at radius 1 is 1.16 bits per heavy atom. The van der Waals surface area contributed by atoms with Crippen molar-refractivity contribution >= 4 is 33.3 Å². The Morgan fingerprint density at radius 2 is 1.88 bits per heavy atom. The molecule has 1 amide bonds. The highest BCUT2D eigenvalue weighted by atomic mass is 32.1. The van der Waals surface area contributed by atoms with Gasteiger partial charge in [0.05, 0.1) is 5.39 Å². The van der Waals surface area contributed by atoms with Gasteiger partial charge in [0.1, 0.15) is 17.0 Å². The number of carbonyl (C=O) groups excluding carboxylic acids is 1. The number of carbonyl (C=O) groups is 1.